The summed E-state index contributed by atoms with van der Waals surface area (Å²) < 4.78 is 11.7. The first-order valence-corrected chi connectivity index (χ1v) is 24.3. The molecule has 4 aliphatic carbocycles. The van der Waals surface area contributed by atoms with Gasteiger partial charge in [0.15, 0.2) is 0 Å². The van der Waals surface area contributed by atoms with E-state index < -0.39 is 35.7 Å². The second kappa shape index (κ2) is 23.1. The van der Waals surface area contributed by atoms with Crippen LogP contribution in [0.25, 0.3) is 0 Å². The number of carbonyl (C=O) groups excluding carboxylic acids is 1. The average molecular weight is 885 g/mol. The standard InChI is InChI=1S/C54H80N2O8/c1-37-16-17-43(29-40-11-9-12-41(28-40)30-52(56-32-37,24-27-63-5)46-14-6-7-15-46)38(2)10-8-13-45(35-64-36-47(60)34-59)48-20-22-54(51(48)61)50-42(21-26-57)18-19-44(49(50)39(3)33-58)31-53(54,62)23-25-55-4/h8-13,16,18-19,28,33,42-44,46-48,50-51,55-57,59-62H,2,6-7,14-15,17,20-27,29-32,34-36H2,1,3-5H3/b10-8+,37-16+,45-13-,49-39?/t42-,43-,44-,47+,48-,50-,51+,52+,53+,54+/m0/s1. The van der Waals surface area contributed by atoms with E-state index in [4.69, 9.17) is 9.47 Å². The van der Waals surface area contributed by atoms with Crippen LogP contribution in [0.15, 0.2) is 95.2 Å². The van der Waals surface area contributed by atoms with Gasteiger partial charge in [-0.15, -0.1) is 0 Å². The molecule has 3 fully saturated rings. The van der Waals surface area contributed by atoms with E-state index in [2.05, 4.69) is 72.7 Å². The lowest BCUT2D eigenvalue weighted by atomic mass is 9.45. The molecule has 354 valence electrons. The first kappa shape index (κ1) is 50.4. The molecule has 0 radical (unpaired) electrons. The Labute approximate surface area is 383 Å². The lowest BCUT2D eigenvalue weighted by molar-refractivity contribution is -0.194. The Hall–Kier alpha value is -3.03. The van der Waals surface area contributed by atoms with Crippen molar-refractivity contribution in [1.29, 1.82) is 0 Å². The van der Waals surface area contributed by atoms with Gasteiger partial charge in [-0.1, -0.05) is 96.9 Å². The summed E-state index contributed by atoms with van der Waals surface area (Å²) in [5.74, 6) is -0.295. The van der Waals surface area contributed by atoms with Gasteiger partial charge in [0.25, 0.3) is 0 Å². The van der Waals surface area contributed by atoms with Gasteiger partial charge in [-0.2, -0.15) is 0 Å². The van der Waals surface area contributed by atoms with Gasteiger partial charge in [-0.25, -0.2) is 0 Å². The van der Waals surface area contributed by atoms with Gasteiger partial charge in [0.1, 0.15) is 12.4 Å². The predicted octanol–water partition coefficient (Wildman–Crippen LogP) is 6.52. The smallest absolute Gasteiger partial charge is 0.145 e. The molecule has 10 atom stereocenters. The van der Waals surface area contributed by atoms with Crippen molar-refractivity contribution < 1.29 is 39.8 Å². The second-order valence-electron chi connectivity index (χ2n) is 20.1. The van der Waals surface area contributed by atoms with E-state index in [0.29, 0.717) is 50.1 Å². The SMILES string of the molecule is C=C(/C=C/C=C(/COC[C@H](O)CO)[C@@H]1CC[C@]2([C@@H]1O)[C@@H]1C(=C(C)C=O)[C@@H](C=C[C@H]1CCO)C[C@]2(O)CCNC)[C@H]1C/C=C(\C)CN[C@@](CCOC)(C2CCCC2)Cc2cccc(c2)C1. The Morgan fingerprint density at radius 1 is 1.12 bits per heavy atom. The average Bonchev–Trinajstić information content (AvgIpc) is 3.96. The highest BCUT2D eigenvalue weighted by Crippen LogP contribution is 2.67. The number of rotatable bonds is 19. The van der Waals surface area contributed by atoms with E-state index >= 15 is 0 Å². The molecule has 5 aliphatic rings. The normalized spacial score (nSPS) is 34.6. The van der Waals surface area contributed by atoms with Gasteiger partial charge in [0.2, 0.25) is 0 Å². The Balaban J connectivity index is 1.31. The summed E-state index contributed by atoms with van der Waals surface area (Å²) in [4.78, 5) is 12.5. The van der Waals surface area contributed by atoms with Gasteiger partial charge in [-0.3, -0.25) is 4.79 Å². The molecule has 3 saturated carbocycles. The number of aliphatic hydroxyl groups excluding tert-OH is 4. The summed E-state index contributed by atoms with van der Waals surface area (Å²) in [6.07, 6.45) is 22.6. The largest absolute Gasteiger partial charge is 0.396 e. The molecule has 4 bridgehead atoms. The van der Waals surface area contributed by atoms with Gasteiger partial charge in [0.05, 0.1) is 31.5 Å². The maximum atomic E-state index is 13.0. The second-order valence-corrected chi connectivity index (χ2v) is 20.1. The van der Waals surface area contributed by atoms with Crippen LogP contribution in [-0.4, -0.2) is 115 Å². The van der Waals surface area contributed by atoms with Crippen LogP contribution < -0.4 is 10.6 Å². The lowest BCUT2D eigenvalue weighted by Crippen LogP contribution is -2.65. The summed E-state index contributed by atoms with van der Waals surface area (Å²) >= 11 is 0. The maximum Gasteiger partial charge on any atom is 0.145 e. The van der Waals surface area contributed by atoms with Crippen molar-refractivity contribution in [1.82, 2.24) is 10.6 Å². The quantitative estimate of drug-likeness (QED) is 0.0353. The summed E-state index contributed by atoms with van der Waals surface area (Å²) in [5, 5.41) is 63.3. The first-order valence-electron chi connectivity index (χ1n) is 24.3. The molecule has 0 amide bonds. The molecule has 0 aromatic heterocycles. The Morgan fingerprint density at radius 2 is 1.91 bits per heavy atom. The van der Waals surface area contributed by atoms with Crippen molar-refractivity contribution in [2.45, 2.75) is 121 Å². The Kier molecular flexibility index (Phi) is 18.2. The third-order valence-corrected chi connectivity index (χ3v) is 16.2. The Bertz CT molecular complexity index is 1880. The van der Waals surface area contributed by atoms with Crippen LogP contribution in [0.3, 0.4) is 0 Å². The first-order chi connectivity index (χ1) is 30.9. The monoisotopic (exact) mass is 885 g/mol. The highest BCUT2D eigenvalue weighted by Gasteiger charge is 2.68. The molecule has 7 N–H and O–H groups in total. The minimum absolute atomic E-state index is 0.0194. The van der Waals surface area contributed by atoms with Gasteiger partial charge in [0, 0.05) is 49.7 Å². The zero-order valence-corrected chi connectivity index (χ0v) is 39.3. The summed E-state index contributed by atoms with van der Waals surface area (Å²) in [5.41, 5.74) is 5.09. The van der Waals surface area contributed by atoms with Crippen LogP contribution in [0.2, 0.25) is 0 Å². The number of aldehydes is 1. The van der Waals surface area contributed by atoms with Crippen molar-refractivity contribution in [2.75, 3.05) is 60.3 Å². The number of carbonyl (C=O) groups is 1. The molecule has 1 aliphatic heterocycles. The molecule has 0 unspecified atom stereocenters. The molecule has 64 heavy (non-hydrogen) atoms. The van der Waals surface area contributed by atoms with Crippen molar-refractivity contribution in [2.24, 2.45) is 40.9 Å². The third kappa shape index (κ3) is 11.0. The molecule has 10 heteroatoms. The van der Waals surface area contributed by atoms with Crippen LogP contribution in [0, 0.1) is 40.9 Å². The van der Waals surface area contributed by atoms with Crippen molar-refractivity contribution in [3.8, 4) is 0 Å². The number of aliphatic hydroxyl groups is 5. The van der Waals surface area contributed by atoms with E-state index in [0.717, 1.165) is 61.8 Å². The number of ether oxygens (including phenoxy) is 2. The van der Waals surface area contributed by atoms with Crippen LogP contribution in [0.4, 0.5) is 0 Å². The molecule has 6 rings (SSSR count). The molecule has 1 aromatic rings. The van der Waals surface area contributed by atoms with Crippen LogP contribution >= 0.6 is 0 Å². The van der Waals surface area contributed by atoms with Gasteiger partial charge in [-0.05, 0) is 144 Å². The minimum atomic E-state index is -1.26. The highest BCUT2D eigenvalue weighted by molar-refractivity contribution is 5.74. The van der Waals surface area contributed by atoms with E-state index in [1.807, 2.05) is 26.1 Å². The van der Waals surface area contributed by atoms with Crippen LogP contribution in [-0.2, 0) is 27.1 Å². The minimum Gasteiger partial charge on any atom is -0.396 e. The fraction of sp³-hybridized carbons (Fsp3) is 0.648. The van der Waals surface area contributed by atoms with E-state index in [9.17, 15) is 30.3 Å². The van der Waals surface area contributed by atoms with Crippen molar-refractivity contribution in [3.63, 3.8) is 0 Å². The number of benzene rings is 1. The molecule has 10 nitrogen and oxygen atoms in total. The van der Waals surface area contributed by atoms with Gasteiger partial charge >= 0.3 is 0 Å². The highest BCUT2D eigenvalue weighted by atomic mass is 16.5. The molecule has 1 aromatic carbocycles. The fourth-order valence-electron chi connectivity index (χ4n) is 12.8. The van der Waals surface area contributed by atoms with Crippen LogP contribution in [0.1, 0.15) is 95.6 Å². The molecule has 1 heterocycles. The summed E-state index contributed by atoms with van der Waals surface area (Å²) in [6, 6.07) is 9.11. The predicted molar refractivity (Wildman–Crippen MR) is 255 cm³/mol. The summed E-state index contributed by atoms with van der Waals surface area (Å²) in [6.45, 7) is 10.4. The van der Waals surface area contributed by atoms with Crippen LogP contribution in [0.5, 0.6) is 0 Å². The zero-order chi connectivity index (χ0) is 45.9. The van der Waals surface area contributed by atoms with E-state index in [1.165, 1.54) is 42.4 Å². The van der Waals surface area contributed by atoms with Crippen molar-refractivity contribution in [3.05, 3.63) is 106 Å². The molecular weight excluding hydrogens is 805 g/mol. The lowest BCUT2D eigenvalue weighted by Gasteiger charge is -2.61. The maximum absolute atomic E-state index is 13.0. The molecule has 0 saturated heterocycles. The third-order valence-electron chi connectivity index (χ3n) is 16.2. The summed E-state index contributed by atoms with van der Waals surface area (Å²) in [7, 11) is 3.67. The topological polar surface area (TPSA) is 161 Å². The van der Waals surface area contributed by atoms with Crippen molar-refractivity contribution >= 4 is 6.29 Å². The zero-order valence-electron chi connectivity index (χ0n) is 39.3. The number of fused-ring (bicyclic) bond motifs is 5. The van der Waals surface area contributed by atoms with Gasteiger partial charge < -0.3 is 45.6 Å². The number of nitrogens with one attached hydrogen (secondary N) is 2. The number of hydrogen-bond donors (Lipinski definition) is 7. The molecular formula is C54H80N2O8. The Morgan fingerprint density at radius 3 is 2.62 bits per heavy atom. The number of allylic oxidation sites excluding steroid dienone is 9. The number of hydrogen-bond acceptors (Lipinski definition) is 10. The van der Waals surface area contributed by atoms with E-state index in [-0.39, 0.29) is 49.0 Å². The molecule has 1 spiro atoms. The number of methoxy groups -OCH3 is 1. The fourth-order valence-corrected chi connectivity index (χ4v) is 12.8. The van der Waals surface area contributed by atoms with E-state index in [1.54, 1.807) is 7.11 Å².